The summed E-state index contributed by atoms with van der Waals surface area (Å²) in [4.78, 5) is 0. The van der Waals surface area contributed by atoms with Crippen molar-refractivity contribution in [1.29, 1.82) is 0 Å². The first-order chi connectivity index (χ1) is 7.92. The van der Waals surface area contributed by atoms with Crippen LogP contribution in [0.2, 0.25) is 0 Å². The molecule has 0 aliphatic heterocycles. The van der Waals surface area contributed by atoms with Crippen molar-refractivity contribution in [3.63, 3.8) is 0 Å². The van der Waals surface area contributed by atoms with Gasteiger partial charge in [0.1, 0.15) is 0 Å². The molecular weight excluding hydrogens is 194 g/mol. The van der Waals surface area contributed by atoms with E-state index in [1.54, 1.807) is 0 Å². The highest BCUT2D eigenvalue weighted by molar-refractivity contribution is 5.85. The Morgan fingerprint density at radius 2 is 1.62 bits per heavy atom. The fourth-order valence-electron chi connectivity index (χ4n) is 2.58. The molecule has 1 saturated carbocycles. The summed E-state index contributed by atoms with van der Waals surface area (Å²) in [5.74, 6) is 0. The summed E-state index contributed by atoms with van der Waals surface area (Å²) in [6, 6.07) is 15.9. The predicted molar refractivity (Wildman–Crippen MR) is 69.8 cm³/mol. The van der Waals surface area contributed by atoms with Gasteiger partial charge in [-0.05, 0) is 35.7 Å². The molecule has 0 unspecified atom stereocenters. The molecule has 1 aliphatic rings. The van der Waals surface area contributed by atoms with E-state index in [0.29, 0.717) is 6.04 Å². The highest BCUT2D eigenvalue weighted by Gasteiger charge is 2.14. The molecule has 0 saturated heterocycles. The van der Waals surface area contributed by atoms with Crippen molar-refractivity contribution in [3.05, 3.63) is 42.5 Å². The van der Waals surface area contributed by atoms with Crippen molar-refractivity contribution >= 4 is 16.5 Å². The Labute approximate surface area is 96.5 Å². The van der Waals surface area contributed by atoms with Gasteiger partial charge in [0, 0.05) is 11.7 Å². The first kappa shape index (κ1) is 9.71. The molecule has 2 aromatic carbocycles. The van der Waals surface area contributed by atoms with Gasteiger partial charge in [0.2, 0.25) is 0 Å². The molecular formula is C15H17N. The average molecular weight is 211 g/mol. The molecule has 1 fully saturated rings. The third kappa shape index (κ3) is 1.90. The van der Waals surface area contributed by atoms with Crippen molar-refractivity contribution in [2.75, 3.05) is 5.32 Å². The Morgan fingerprint density at radius 3 is 2.44 bits per heavy atom. The molecule has 1 aliphatic carbocycles. The van der Waals surface area contributed by atoms with Gasteiger partial charge in [0.25, 0.3) is 0 Å². The van der Waals surface area contributed by atoms with Gasteiger partial charge in [-0.1, -0.05) is 43.2 Å². The fraction of sp³-hybridized carbons (Fsp3) is 0.333. The summed E-state index contributed by atoms with van der Waals surface area (Å²) >= 11 is 0. The van der Waals surface area contributed by atoms with Gasteiger partial charge in [-0.15, -0.1) is 0 Å². The number of benzene rings is 2. The second-order valence-corrected chi connectivity index (χ2v) is 4.69. The number of anilines is 1. The molecule has 0 bridgehead atoms. The molecule has 0 spiro atoms. The molecule has 0 radical (unpaired) electrons. The lowest BCUT2D eigenvalue weighted by molar-refractivity contribution is 0.756. The van der Waals surface area contributed by atoms with E-state index in [0.717, 1.165) is 0 Å². The van der Waals surface area contributed by atoms with Gasteiger partial charge in [-0.3, -0.25) is 0 Å². The first-order valence-corrected chi connectivity index (χ1v) is 6.17. The zero-order chi connectivity index (χ0) is 10.8. The van der Waals surface area contributed by atoms with Gasteiger partial charge in [-0.2, -0.15) is 0 Å². The third-order valence-electron chi connectivity index (χ3n) is 3.48. The Bertz CT molecular complexity index is 484. The topological polar surface area (TPSA) is 12.0 Å². The Balaban J connectivity index is 1.86. The van der Waals surface area contributed by atoms with Crippen LogP contribution in [0, 0.1) is 0 Å². The van der Waals surface area contributed by atoms with Crippen LogP contribution in [-0.4, -0.2) is 6.04 Å². The van der Waals surface area contributed by atoms with Crippen molar-refractivity contribution in [2.45, 2.75) is 31.7 Å². The molecule has 16 heavy (non-hydrogen) atoms. The van der Waals surface area contributed by atoms with Crippen molar-refractivity contribution in [3.8, 4) is 0 Å². The van der Waals surface area contributed by atoms with Gasteiger partial charge in [0.05, 0.1) is 0 Å². The molecule has 0 aromatic heterocycles. The second-order valence-electron chi connectivity index (χ2n) is 4.69. The predicted octanol–water partition coefficient (Wildman–Crippen LogP) is 4.19. The normalized spacial score (nSPS) is 16.8. The lowest BCUT2D eigenvalue weighted by Crippen LogP contribution is -2.14. The summed E-state index contributed by atoms with van der Waals surface area (Å²) in [7, 11) is 0. The summed E-state index contributed by atoms with van der Waals surface area (Å²) in [5, 5.41) is 6.28. The number of hydrogen-bond donors (Lipinski definition) is 1. The van der Waals surface area contributed by atoms with E-state index >= 15 is 0 Å². The van der Waals surface area contributed by atoms with Crippen LogP contribution in [0.25, 0.3) is 10.8 Å². The average Bonchev–Trinajstić information content (AvgIpc) is 2.82. The van der Waals surface area contributed by atoms with E-state index in [9.17, 15) is 0 Å². The van der Waals surface area contributed by atoms with E-state index in [1.165, 1.54) is 42.1 Å². The lowest BCUT2D eigenvalue weighted by atomic mass is 10.1. The molecule has 3 rings (SSSR count). The summed E-state index contributed by atoms with van der Waals surface area (Å²) < 4.78 is 0. The monoisotopic (exact) mass is 211 g/mol. The van der Waals surface area contributed by atoms with E-state index in [-0.39, 0.29) is 0 Å². The van der Waals surface area contributed by atoms with Gasteiger partial charge in [-0.25, -0.2) is 0 Å². The molecule has 1 heteroatoms. The van der Waals surface area contributed by atoms with Crippen LogP contribution in [0.5, 0.6) is 0 Å². The van der Waals surface area contributed by atoms with Crippen molar-refractivity contribution < 1.29 is 0 Å². The van der Waals surface area contributed by atoms with Crippen molar-refractivity contribution in [1.82, 2.24) is 0 Å². The van der Waals surface area contributed by atoms with Crippen LogP contribution in [0.15, 0.2) is 42.5 Å². The van der Waals surface area contributed by atoms with E-state index in [4.69, 9.17) is 0 Å². The molecule has 0 atom stereocenters. The highest BCUT2D eigenvalue weighted by atomic mass is 14.9. The minimum Gasteiger partial charge on any atom is -0.382 e. The Morgan fingerprint density at radius 1 is 0.875 bits per heavy atom. The summed E-state index contributed by atoms with van der Waals surface area (Å²) in [6.45, 7) is 0. The van der Waals surface area contributed by atoms with Gasteiger partial charge >= 0.3 is 0 Å². The maximum atomic E-state index is 3.63. The van der Waals surface area contributed by atoms with Crippen molar-refractivity contribution in [2.24, 2.45) is 0 Å². The third-order valence-corrected chi connectivity index (χ3v) is 3.48. The lowest BCUT2D eigenvalue weighted by Gasteiger charge is -2.13. The minimum atomic E-state index is 0.696. The van der Waals surface area contributed by atoms with Crippen LogP contribution in [-0.2, 0) is 0 Å². The smallest absolute Gasteiger partial charge is 0.0348 e. The summed E-state index contributed by atoms with van der Waals surface area (Å²) in [6.07, 6.45) is 5.41. The molecule has 0 amide bonds. The van der Waals surface area contributed by atoms with Crippen LogP contribution in [0.1, 0.15) is 25.7 Å². The quantitative estimate of drug-likeness (QED) is 0.785. The SMILES string of the molecule is c1ccc2cc(NC3CCCC3)ccc2c1. The van der Waals surface area contributed by atoms with Crippen LogP contribution in [0.3, 0.4) is 0 Å². The minimum absolute atomic E-state index is 0.696. The Kier molecular flexibility index (Phi) is 2.53. The van der Waals surface area contributed by atoms with Gasteiger partial charge < -0.3 is 5.32 Å². The maximum absolute atomic E-state index is 3.63. The molecule has 2 aromatic rings. The standard InChI is InChI=1S/C15H17N/c1-2-6-13-11-15(10-9-12(13)5-1)16-14-7-3-4-8-14/h1-2,5-6,9-11,14,16H,3-4,7-8H2. The van der Waals surface area contributed by atoms with Crippen LogP contribution in [0.4, 0.5) is 5.69 Å². The second kappa shape index (κ2) is 4.17. The molecule has 1 N–H and O–H groups in total. The van der Waals surface area contributed by atoms with E-state index < -0.39 is 0 Å². The number of hydrogen-bond acceptors (Lipinski definition) is 1. The largest absolute Gasteiger partial charge is 0.382 e. The molecule has 82 valence electrons. The van der Waals surface area contributed by atoms with E-state index in [1.807, 2.05) is 0 Å². The first-order valence-electron chi connectivity index (χ1n) is 6.17. The summed E-state index contributed by atoms with van der Waals surface area (Å²) in [5.41, 5.74) is 1.27. The fourth-order valence-corrected chi connectivity index (χ4v) is 2.58. The van der Waals surface area contributed by atoms with Gasteiger partial charge in [0.15, 0.2) is 0 Å². The van der Waals surface area contributed by atoms with E-state index in [2.05, 4.69) is 47.8 Å². The van der Waals surface area contributed by atoms with Crippen LogP contribution < -0.4 is 5.32 Å². The number of nitrogens with one attached hydrogen (secondary N) is 1. The Hall–Kier alpha value is -1.50. The van der Waals surface area contributed by atoms with Crippen LogP contribution >= 0.6 is 0 Å². The maximum Gasteiger partial charge on any atom is 0.0348 e. The number of fused-ring (bicyclic) bond motifs is 1. The highest BCUT2D eigenvalue weighted by Crippen LogP contribution is 2.24. The number of rotatable bonds is 2. The zero-order valence-corrected chi connectivity index (χ0v) is 9.45. The molecule has 0 heterocycles. The molecule has 1 nitrogen and oxygen atoms in total. The zero-order valence-electron chi connectivity index (χ0n) is 9.45.